The molecule has 0 amide bonds. The van der Waals surface area contributed by atoms with Gasteiger partial charge in [-0.3, -0.25) is 0 Å². The van der Waals surface area contributed by atoms with Gasteiger partial charge in [0.05, 0.1) is 11.5 Å². The van der Waals surface area contributed by atoms with Crippen LogP contribution < -0.4 is 9.46 Å². The van der Waals surface area contributed by atoms with Gasteiger partial charge in [0.2, 0.25) is 10.0 Å². The molecule has 1 aromatic carbocycles. The fourth-order valence-electron chi connectivity index (χ4n) is 1.51. The second-order valence-corrected chi connectivity index (χ2v) is 5.93. The lowest BCUT2D eigenvalue weighted by Crippen LogP contribution is -2.23. The third kappa shape index (κ3) is 5.44. The Morgan fingerprint density at radius 2 is 1.95 bits per heavy atom. The molecule has 0 saturated carbocycles. The minimum absolute atomic E-state index is 0.220. The molecule has 0 heterocycles. The highest BCUT2D eigenvalue weighted by molar-refractivity contribution is 7.89. The van der Waals surface area contributed by atoms with Crippen LogP contribution in [0.4, 0.5) is 0 Å². The number of benzene rings is 1. The topological polar surface area (TPSA) is 55.4 Å². The first-order chi connectivity index (χ1) is 9.10. The van der Waals surface area contributed by atoms with Crippen LogP contribution in [0.5, 0.6) is 5.75 Å². The lowest BCUT2D eigenvalue weighted by molar-refractivity contribution is 0.306. The minimum Gasteiger partial charge on any atom is -0.494 e. The molecule has 0 radical (unpaired) electrons. The molecule has 0 spiro atoms. The van der Waals surface area contributed by atoms with Gasteiger partial charge in [-0.1, -0.05) is 25.8 Å². The van der Waals surface area contributed by atoms with Gasteiger partial charge in [-0.25, -0.2) is 13.1 Å². The Morgan fingerprint density at radius 3 is 2.53 bits per heavy atom. The molecule has 1 aromatic rings. The van der Waals surface area contributed by atoms with E-state index in [1.54, 1.807) is 24.3 Å². The fraction of sp³-hybridized carbons (Fsp3) is 0.429. The molecule has 0 aromatic heterocycles. The lowest BCUT2D eigenvalue weighted by Gasteiger charge is -2.08. The summed E-state index contributed by atoms with van der Waals surface area (Å²) in [5.74, 6) is 0.693. The van der Waals surface area contributed by atoms with Crippen molar-refractivity contribution in [1.82, 2.24) is 4.72 Å². The zero-order valence-electron chi connectivity index (χ0n) is 11.3. The Morgan fingerprint density at radius 1 is 1.26 bits per heavy atom. The molecular formula is C14H21NO3S. The highest BCUT2D eigenvalue weighted by atomic mass is 32.2. The van der Waals surface area contributed by atoms with Gasteiger partial charge in [-0.2, -0.15) is 0 Å². The SMILES string of the molecule is C=CCNS(=O)(=O)c1ccc(OCCCCC)cc1. The summed E-state index contributed by atoms with van der Waals surface area (Å²) in [6.07, 6.45) is 4.80. The van der Waals surface area contributed by atoms with E-state index in [0.717, 1.165) is 19.3 Å². The fourth-order valence-corrected chi connectivity index (χ4v) is 2.51. The average molecular weight is 283 g/mol. The Hall–Kier alpha value is -1.33. The van der Waals surface area contributed by atoms with Gasteiger partial charge in [0.1, 0.15) is 5.75 Å². The van der Waals surface area contributed by atoms with Crippen LogP contribution in [0, 0.1) is 0 Å². The van der Waals surface area contributed by atoms with Crippen LogP contribution in [0.2, 0.25) is 0 Å². The van der Waals surface area contributed by atoms with Crippen LogP contribution in [0.15, 0.2) is 41.8 Å². The Kier molecular flexibility index (Phi) is 6.59. The maximum atomic E-state index is 11.8. The molecule has 0 aliphatic carbocycles. The van der Waals surface area contributed by atoms with Crippen molar-refractivity contribution in [1.29, 1.82) is 0 Å². The lowest BCUT2D eigenvalue weighted by atomic mass is 10.3. The first kappa shape index (κ1) is 15.7. The number of unbranched alkanes of at least 4 members (excludes halogenated alkanes) is 2. The van der Waals surface area contributed by atoms with Gasteiger partial charge in [0, 0.05) is 6.54 Å². The first-order valence-corrected chi connectivity index (χ1v) is 7.92. The molecule has 0 aliphatic rings. The van der Waals surface area contributed by atoms with E-state index in [4.69, 9.17) is 4.74 Å². The van der Waals surface area contributed by atoms with Crippen molar-refractivity contribution in [3.8, 4) is 5.75 Å². The van der Waals surface area contributed by atoms with E-state index in [2.05, 4.69) is 18.2 Å². The molecule has 19 heavy (non-hydrogen) atoms. The molecule has 5 heteroatoms. The van der Waals surface area contributed by atoms with E-state index < -0.39 is 10.0 Å². The largest absolute Gasteiger partial charge is 0.494 e. The summed E-state index contributed by atoms with van der Waals surface area (Å²) in [7, 11) is -3.45. The summed E-state index contributed by atoms with van der Waals surface area (Å²) in [4.78, 5) is 0.232. The average Bonchev–Trinajstić information content (AvgIpc) is 2.42. The molecule has 0 fully saturated rings. The van der Waals surface area contributed by atoms with Crippen molar-refractivity contribution in [3.63, 3.8) is 0 Å². The number of rotatable bonds is 9. The molecule has 0 saturated heterocycles. The van der Waals surface area contributed by atoms with Gasteiger partial charge in [0.15, 0.2) is 0 Å². The standard InChI is InChI=1S/C14H21NO3S/c1-3-5-6-12-18-13-7-9-14(10-8-13)19(16,17)15-11-4-2/h4,7-10,15H,2-3,5-6,11-12H2,1H3. The van der Waals surface area contributed by atoms with E-state index in [9.17, 15) is 8.42 Å². The number of sulfonamides is 1. The molecule has 1 rings (SSSR count). The summed E-state index contributed by atoms with van der Waals surface area (Å²) in [6.45, 7) is 6.49. The Bertz CT molecular complexity index is 480. The van der Waals surface area contributed by atoms with E-state index in [1.807, 2.05) is 0 Å². The maximum Gasteiger partial charge on any atom is 0.240 e. The highest BCUT2D eigenvalue weighted by Crippen LogP contribution is 2.16. The number of ether oxygens (including phenoxy) is 1. The van der Waals surface area contributed by atoms with Crippen LogP contribution in [0.1, 0.15) is 26.2 Å². The van der Waals surface area contributed by atoms with Gasteiger partial charge >= 0.3 is 0 Å². The van der Waals surface area contributed by atoms with E-state index in [-0.39, 0.29) is 11.4 Å². The molecule has 0 aliphatic heterocycles. The minimum atomic E-state index is -3.45. The monoisotopic (exact) mass is 283 g/mol. The summed E-state index contributed by atoms with van der Waals surface area (Å²) < 4.78 is 31.5. The van der Waals surface area contributed by atoms with E-state index in [0.29, 0.717) is 12.4 Å². The first-order valence-electron chi connectivity index (χ1n) is 6.43. The van der Waals surface area contributed by atoms with Gasteiger partial charge in [0.25, 0.3) is 0 Å². The smallest absolute Gasteiger partial charge is 0.240 e. The number of nitrogens with one attached hydrogen (secondary N) is 1. The summed E-state index contributed by atoms with van der Waals surface area (Å²) in [6, 6.07) is 6.43. The molecule has 106 valence electrons. The number of hydrogen-bond donors (Lipinski definition) is 1. The molecule has 0 unspecified atom stereocenters. The second kappa shape index (κ2) is 7.96. The normalized spacial score (nSPS) is 11.2. The van der Waals surface area contributed by atoms with E-state index in [1.165, 1.54) is 6.08 Å². The van der Waals surface area contributed by atoms with Crippen molar-refractivity contribution in [2.75, 3.05) is 13.2 Å². The summed E-state index contributed by atoms with van der Waals surface area (Å²) in [5.41, 5.74) is 0. The maximum absolute atomic E-state index is 11.8. The summed E-state index contributed by atoms with van der Waals surface area (Å²) >= 11 is 0. The highest BCUT2D eigenvalue weighted by Gasteiger charge is 2.12. The second-order valence-electron chi connectivity index (χ2n) is 4.17. The van der Waals surface area contributed by atoms with Gasteiger partial charge in [-0.05, 0) is 30.7 Å². The van der Waals surface area contributed by atoms with Crippen molar-refractivity contribution in [3.05, 3.63) is 36.9 Å². The quantitative estimate of drug-likeness (QED) is 0.560. The third-order valence-electron chi connectivity index (χ3n) is 2.57. The molecule has 0 bridgehead atoms. The van der Waals surface area contributed by atoms with E-state index >= 15 is 0 Å². The predicted molar refractivity (Wildman–Crippen MR) is 76.8 cm³/mol. The van der Waals surface area contributed by atoms with Gasteiger partial charge < -0.3 is 4.74 Å². The molecule has 4 nitrogen and oxygen atoms in total. The predicted octanol–water partition coefficient (Wildman–Crippen LogP) is 2.72. The Labute approximate surface area is 115 Å². The van der Waals surface area contributed by atoms with Crippen LogP contribution in [-0.2, 0) is 10.0 Å². The van der Waals surface area contributed by atoms with Crippen molar-refractivity contribution >= 4 is 10.0 Å². The molecule has 0 atom stereocenters. The van der Waals surface area contributed by atoms with Crippen molar-refractivity contribution in [2.45, 2.75) is 31.1 Å². The number of hydrogen-bond acceptors (Lipinski definition) is 3. The van der Waals surface area contributed by atoms with Crippen LogP contribution in [0.25, 0.3) is 0 Å². The molecular weight excluding hydrogens is 262 g/mol. The summed E-state index contributed by atoms with van der Waals surface area (Å²) in [5, 5.41) is 0. The zero-order chi connectivity index (χ0) is 14.1. The molecule has 1 N–H and O–H groups in total. The zero-order valence-corrected chi connectivity index (χ0v) is 12.1. The van der Waals surface area contributed by atoms with Crippen LogP contribution in [-0.4, -0.2) is 21.6 Å². The van der Waals surface area contributed by atoms with Crippen molar-refractivity contribution < 1.29 is 13.2 Å². The van der Waals surface area contributed by atoms with Gasteiger partial charge in [-0.15, -0.1) is 6.58 Å². The van der Waals surface area contributed by atoms with Crippen LogP contribution >= 0.6 is 0 Å². The van der Waals surface area contributed by atoms with Crippen LogP contribution in [0.3, 0.4) is 0 Å². The Balaban J connectivity index is 2.58. The van der Waals surface area contributed by atoms with Crippen molar-refractivity contribution in [2.24, 2.45) is 0 Å². The third-order valence-corrected chi connectivity index (χ3v) is 4.01.